The highest BCUT2D eigenvalue weighted by atomic mass is 19.3. The van der Waals surface area contributed by atoms with Gasteiger partial charge < -0.3 is 0 Å². The first-order chi connectivity index (χ1) is 6.03. The highest BCUT2D eigenvalue weighted by Gasteiger charge is 2.82. The quantitative estimate of drug-likeness (QED) is 0.560. The summed E-state index contributed by atoms with van der Waals surface area (Å²) in [5.41, 5.74) is 0. The lowest BCUT2D eigenvalue weighted by Crippen LogP contribution is -2.00. The maximum absolute atomic E-state index is 12.8. The highest BCUT2D eigenvalue weighted by Crippen LogP contribution is 2.78. The molecule has 0 nitrogen and oxygen atoms in total. The number of alkyl halides is 2. The molecule has 0 aromatic heterocycles. The highest BCUT2D eigenvalue weighted by molar-refractivity contribution is 5.27. The van der Waals surface area contributed by atoms with Gasteiger partial charge in [0.1, 0.15) is 0 Å². The monoisotopic (exact) mass is 192 g/mol. The van der Waals surface area contributed by atoms with E-state index in [1.807, 2.05) is 0 Å². The van der Waals surface area contributed by atoms with Gasteiger partial charge in [0.05, 0.1) is 0 Å². The molecule has 0 heterocycles. The third kappa shape index (κ3) is 0.816. The van der Waals surface area contributed by atoms with E-state index in [4.69, 9.17) is 0 Å². The first-order valence-corrected chi connectivity index (χ1v) is 4.44. The summed E-state index contributed by atoms with van der Waals surface area (Å²) in [5.74, 6) is -3.83. The standard InChI is InChI=1S/C9H8F4/c10-6(11)2-4-3-1-5-8(7(3)4)9(5,12)13/h2-5,7-8H,1H2/t3-,4+,5+,7-,8+/m0/s1. The van der Waals surface area contributed by atoms with E-state index >= 15 is 0 Å². The Kier molecular flexibility index (Phi) is 1.16. The largest absolute Gasteiger partial charge is 0.266 e. The minimum Gasteiger partial charge on any atom is -0.206 e. The number of fused-ring (bicyclic) bond motifs is 3. The second-order valence-corrected chi connectivity index (χ2v) is 4.32. The van der Waals surface area contributed by atoms with Crippen molar-refractivity contribution in [2.45, 2.75) is 12.3 Å². The molecule has 0 amide bonds. The van der Waals surface area contributed by atoms with Crippen LogP contribution in [0.25, 0.3) is 0 Å². The van der Waals surface area contributed by atoms with Gasteiger partial charge in [0.2, 0.25) is 0 Å². The van der Waals surface area contributed by atoms with Crippen molar-refractivity contribution >= 4 is 0 Å². The maximum Gasteiger partial charge on any atom is 0.266 e. The van der Waals surface area contributed by atoms with Gasteiger partial charge in [-0.3, -0.25) is 0 Å². The predicted octanol–water partition coefficient (Wildman–Crippen LogP) is 2.91. The lowest BCUT2D eigenvalue weighted by molar-refractivity contribution is 0.0704. The smallest absolute Gasteiger partial charge is 0.206 e. The molecule has 72 valence electrons. The molecule has 3 fully saturated rings. The Labute approximate surface area is 72.6 Å². The molecular weight excluding hydrogens is 184 g/mol. The Bertz CT molecular complexity index is 292. The van der Waals surface area contributed by atoms with Gasteiger partial charge in [0.15, 0.2) is 0 Å². The molecule has 0 radical (unpaired) electrons. The number of hydrogen-bond acceptors (Lipinski definition) is 0. The average Bonchev–Trinajstić information content (AvgIpc) is 2.75. The van der Waals surface area contributed by atoms with Gasteiger partial charge in [-0.15, -0.1) is 0 Å². The molecule has 0 spiro atoms. The van der Waals surface area contributed by atoms with E-state index in [1.165, 1.54) is 0 Å². The molecule has 13 heavy (non-hydrogen) atoms. The second-order valence-electron chi connectivity index (χ2n) is 4.32. The van der Waals surface area contributed by atoms with Gasteiger partial charge in [-0.05, 0) is 30.3 Å². The van der Waals surface area contributed by atoms with E-state index < -0.39 is 23.8 Å². The number of hydrogen-bond donors (Lipinski definition) is 0. The van der Waals surface area contributed by atoms with Gasteiger partial charge in [-0.2, -0.15) is 8.78 Å². The predicted molar refractivity (Wildman–Crippen MR) is 37.3 cm³/mol. The normalized spacial score (nSPS) is 53.7. The van der Waals surface area contributed by atoms with Gasteiger partial charge >= 0.3 is 0 Å². The summed E-state index contributed by atoms with van der Waals surface area (Å²) in [6.07, 6.45) is -0.406. The minimum absolute atomic E-state index is 0.135. The van der Waals surface area contributed by atoms with E-state index in [1.54, 1.807) is 0 Å². The van der Waals surface area contributed by atoms with Crippen LogP contribution in [0.4, 0.5) is 17.6 Å². The lowest BCUT2D eigenvalue weighted by atomic mass is 10.1. The number of rotatable bonds is 1. The zero-order valence-corrected chi connectivity index (χ0v) is 6.68. The Balaban J connectivity index is 1.75. The van der Waals surface area contributed by atoms with Gasteiger partial charge in [0.25, 0.3) is 12.0 Å². The van der Waals surface area contributed by atoms with Crippen LogP contribution in [0.2, 0.25) is 0 Å². The van der Waals surface area contributed by atoms with Crippen LogP contribution in [0.1, 0.15) is 6.42 Å². The SMILES string of the molecule is FC(F)=C[C@@H]1[C@@H]2C[C@@H]3[C@H]([C@H]12)C3(F)F. The summed E-state index contributed by atoms with van der Waals surface area (Å²) in [4.78, 5) is 0. The van der Waals surface area contributed by atoms with E-state index in [0.29, 0.717) is 6.42 Å². The molecule has 3 aliphatic rings. The Morgan fingerprint density at radius 3 is 2.54 bits per heavy atom. The summed E-state index contributed by atoms with van der Waals surface area (Å²) in [6, 6.07) is 0. The molecule has 0 saturated heterocycles. The first kappa shape index (κ1) is 7.83. The average molecular weight is 192 g/mol. The van der Waals surface area contributed by atoms with Crippen molar-refractivity contribution in [3.8, 4) is 0 Å². The van der Waals surface area contributed by atoms with Crippen LogP contribution in [0.15, 0.2) is 12.2 Å². The van der Waals surface area contributed by atoms with Crippen molar-refractivity contribution in [3.05, 3.63) is 12.2 Å². The number of allylic oxidation sites excluding steroid dienone is 1. The Morgan fingerprint density at radius 1 is 1.31 bits per heavy atom. The molecule has 0 aromatic carbocycles. The van der Waals surface area contributed by atoms with Crippen LogP contribution >= 0.6 is 0 Å². The molecule has 0 aliphatic heterocycles. The molecular formula is C9H8F4. The fourth-order valence-corrected chi connectivity index (χ4v) is 3.17. The molecule has 0 bridgehead atoms. The fraction of sp³-hybridized carbons (Fsp3) is 0.778. The molecule has 3 aliphatic carbocycles. The first-order valence-electron chi connectivity index (χ1n) is 4.44. The van der Waals surface area contributed by atoms with E-state index in [0.717, 1.165) is 6.08 Å². The van der Waals surface area contributed by atoms with Crippen molar-refractivity contribution in [3.63, 3.8) is 0 Å². The number of halogens is 4. The van der Waals surface area contributed by atoms with E-state index in [2.05, 4.69) is 0 Å². The van der Waals surface area contributed by atoms with E-state index in [-0.39, 0.29) is 17.8 Å². The third-order valence-electron chi connectivity index (χ3n) is 3.81. The van der Waals surface area contributed by atoms with Crippen LogP contribution in [0.3, 0.4) is 0 Å². The summed E-state index contributed by atoms with van der Waals surface area (Å²) < 4.78 is 49.3. The van der Waals surface area contributed by atoms with Crippen molar-refractivity contribution < 1.29 is 17.6 Å². The zero-order valence-electron chi connectivity index (χ0n) is 6.68. The van der Waals surface area contributed by atoms with Crippen LogP contribution in [0, 0.1) is 29.6 Å². The zero-order chi connectivity index (χ0) is 9.38. The minimum atomic E-state index is -2.53. The molecule has 4 heteroatoms. The van der Waals surface area contributed by atoms with Gasteiger partial charge in [-0.25, -0.2) is 8.78 Å². The summed E-state index contributed by atoms with van der Waals surface area (Å²) in [5, 5.41) is 0. The molecule has 5 atom stereocenters. The topological polar surface area (TPSA) is 0 Å². The van der Waals surface area contributed by atoms with Crippen molar-refractivity contribution in [1.82, 2.24) is 0 Å². The van der Waals surface area contributed by atoms with Crippen LogP contribution in [-0.2, 0) is 0 Å². The van der Waals surface area contributed by atoms with Gasteiger partial charge in [-0.1, -0.05) is 0 Å². The maximum atomic E-state index is 12.8. The van der Waals surface area contributed by atoms with E-state index in [9.17, 15) is 17.6 Å². The molecule has 0 N–H and O–H groups in total. The summed E-state index contributed by atoms with van der Waals surface area (Å²) in [6.45, 7) is 0. The van der Waals surface area contributed by atoms with Crippen LogP contribution < -0.4 is 0 Å². The van der Waals surface area contributed by atoms with Gasteiger partial charge in [0, 0.05) is 11.8 Å². The van der Waals surface area contributed by atoms with Crippen molar-refractivity contribution in [2.24, 2.45) is 29.6 Å². The summed E-state index contributed by atoms with van der Waals surface area (Å²) >= 11 is 0. The molecule has 3 saturated carbocycles. The van der Waals surface area contributed by atoms with Crippen molar-refractivity contribution in [1.29, 1.82) is 0 Å². The van der Waals surface area contributed by atoms with Crippen LogP contribution in [0.5, 0.6) is 0 Å². The molecule has 3 rings (SSSR count). The lowest BCUT2D eigenvalue weighted by Gasteiger charge is -1.96. The molecule has 0 aromatic rings. The second kappa shape index (κ2) is 1.93. The van der Waals surface area contributed by atoms with Crippen molar-refractivity contribution in [2.75, 3.05) is 0 Å². The molecule has 0 unspecified atom stereocenters. The summed E-state index contributed by atoms with van der Waals surface area (Å²) in [7, 11) is 0. The Morgan fingerprint density at radius 2 is 2.00 bits per heavy atom. The van der Waals surface area contributed by atoms with Crippen LogP contribution in [-0.4, -0.2) is 5.92 Å². The fourth-order valence-electron chi connectivity index (χ4n) is 3.17. The Hall–Kier alpha value is -0.540. The third-order valence-corrected chi connectivity index (χ3v) is 3.81.